The molecular weight excluding hydrogens is 410 g/mol. The average molecular weight is 446 g/mol. The van der Waals surface area contributed by atoms with Crippen LogP contribution in [0.2, 0.25) is 0 Å². The predicted molar refractivity (Wildman–Crippen MR) is 134 cm³/mol. The van der Waals surface area contributed by atoms with Crippen LogP contribution in [-0.2, 0) is 17.8 Å². The molecule has 1 aliphatic heterocycles. The molecule has 2 aromatic carbocycles. The van der Waals surface area contributed by atoms with E-state index in [0.29, 0.717) is 18.4 Å². The van der Waals surface area contributed by atoms with Crippen LogP contribution in [-0.4, -0.2) is 29.4 Å². The minimum atomic E-state index is 0.362. The van der Waals surface area contributed by atoms with E-state index in [1.165, 1.54) is 11.1 Å². The van der Waals surface area contributed by atoms with Gasteiger partial charge in [-0.15, -0.1) is 0 Å². The highest BCUT2D eigenvalue weighted by Gasteiger charge is 2.24. The highest BCUT2D eigenvalue weighted by atomic mass is 16.5. The maximum Gasteiger partial charge on any atom is 0.209 e. The summed E-state index contributed by atoms with van der Waals surface area (Å²) < 4.78 is 6.15. The molecule has 33 heavy (non-hydrogen) atoms. The Bertz CT molecular complexity index is 1020. The van der Waals surface area contributed by atoms with Crippen molar-refractivity contribution in [1.29, 1.82) is 0 Å². The Morgan fingerprint density at radius 3 is 2.55 bits per heavy atom. The van der Waals surface area contributed by atoms with Crippen molar-refractivity contribution in [2.45, 2.75) is 52.0 Å². The van der Waals surface area contributed by atoms with Gasteiger partial charge in [0.2, 0.25) is 6.41 Å². The molecule has 1 saturated heterocycles. The van der Waals surface area contributed by atoms with E-state index in [4.69, 9.17) is 10.5 Å². The molecule has 0 bridgehead atoms. The summed E-state index contributed by atoms with van der Waals surface area (Å²) in [6.45, 7) is 8.48. The minimum absolute atomic E-state index is 0.362. The Balaban J connectivity index is 0.000000323. The molecular formula is C28H35N3O2. The first-order valence-electron chi connectivity index (χ1n) is 11.7. The van der Waals surface area contributed by atoms with Crippen LogP contribution in [0.4, 0.5) is 0 Å². The summed E-state index contributed by atoms with van der Waals surface area (Å²) in [7, 11) is 0. The summed E-state index contributed by atoms with van der Waals surface area (Å²) in [5.74, 6) is 2.46. The maximum atomic E-state index is 11.0. The van der Waals surface area contributed by atoms with E-state index >= 15 is 0 Å². The highest BCUT2D eigenvalue weighted by Crippen LogP contribution is 2.34. The number of nitrogens with zero attached hydrogens (tertiary/aromatic N) is 2. The van der Waals surface area contributed by atoms with Crippen LogP contribution in [0.5, 0.6) is 11.5 Å². The first kappa shape index (κ1) is 24.5. The number of ether oxygens (including phenoxy) is 1. The molecule has 0 aliphatic carbocycles. The van der Waals surface area contributed by atoms with Crippen molar-refractivity contribution in [3.8, 4) is 11.5 Å². The third-order valence-corrected chi connectivity index (χ3v) is 6.00. The number of aryl methyl sites for hydroxylation is 1. The average Bonchev–Trinajstić information content (AvgIpc) is 3.34. The molecule has 1 unspecified atom stereocenters. The number of pyridine rings is 1. The Labute approximate surface area is 197 Å². The van der Waals surface area contributed by atoms with Gasteiger partial charge in [-0.25, -0.2) is 0 Å². The molecule has 1 fully saturated rings. The highest BCUT2D eigenvalue weighted by molar-refractivity contribution is 5.49. The molecule has 2 N–H and O–H groups in total. The number of hydrogen-bond donors (Lipinski definition) is 1. The maximum absolute atomic E-state index is 11.0. The number of carbonyl (C=O) groups excluding carboxylic acids is 1. The molecule has 1 atom stereocenters. The molecule has 4 rings (SSSR count). The number of amides is 1. The zero-order chi connectivity index (χ0) is 23.6. The first-order chi connectivity index (χ1) is 16.0. The summed E-state index contributed by atoms with van der Waals surface area (Å²) in [6, 6.07) is 20.3. The fraction of sp³-hybridized carbons (Fsp3) is 0.357. The van der Waals surface area contributed by atoms with E-state index in [-0.39, 0.29) is 0 Å². The molecule has 0 spiro atoms. The number of hydrogen-bond acceptors (Lipinski definition) is 4. The topological polar surface area (TPSA) is 68.5 Å². The summed E-state index contributed by atoms with van der Waals surface area (Å²) in [6.07, 6.45) is 4.77. The number of carbonyl (C=O) groups is 1. The number of nitrogens with two attached hydrogens (primary N) is 1. The Hall–Kier alpha value is -3.18. The summed E-state index contributed by atoms with van der Waals surface area (Å²) >= 11 is 0. The third kappa shape index (κ3) is 6.65. The fourth-order valence-corrected chi connectivity index (χ4v) is 4.14. The zero-order valence-electron chi connectivity index (χ0n) is 19.9. The van der Waals surface area contributed by atoms with E-state index in [9.17, 15) is 4.79 Å². The molecule has 174 valence electrons. The number of likely N-dealkylation sites (tertiary alicyclic amines) is 1. The predicted octanol–water partition coefficient (Wildman–Crippen LogP) is 5.65. The lowest BCUT2D eigenvalue weighted by atomic mass is 9.93. The Morgan fingerprint density at radius 1 is 1.15 bits per heavy atom. The van der Waals surface area contributed by atoms with E-state index in [1.54, 1.807) is 0 Å². The van der Waals surface area contributed by atoms with E-state index in [1.807, 2.05) is 59.6 Å². The SMILES string of the molecule is CC(C)c1ccccc1Oc1ccc(C2CCN(C=O)C2)c(CN)c1.CCc1ccccn1. The van der Waals surface area contributed by atoms with Gasteiger partial charge in [-0.05, 0) is 65.8 Å². The van der Waals surface area contributed by atoms with Crippen molar-refractivity contribution in [1.82, 2.24) is 9.88 Å². The molecule has 3 aromatic rings. The molecule has 0 radical (unpaired) electrons. The van der Waals surface area contributed by atoms with Crippen molar-refractivity contribution in [2.24, 2.45) is 5.73 Å². The van der Waals surface area contributed by atoms with Crippen molar-refractivity contribution in [2.75, 3.05) is 13.1 Å². The molecule has 0 saturated carbocycles. The van der Waals surface area contributed by atoms with Crippen LogP contribution in [0.25, 0.3) is 0 Å². The normalized spacial score (nSPS) is 15.2. The molecule has 1 aliphatic rings. The van der Waals surface area contributed by atoms with E-state index in [2.05, 4.69) is 37.9 Å². The molecule has 1 aromatic heterocycles. The number of aromatic nitrogens is 1. The van der Waals surface area contributed by atoms with Gasteiger partial charge < -0.3 is 15.4 Å². The van der Waals surface area contributed by atoms with Gasteiger partial charge >= 0.3 is 0 Å². The van der Waals surface area contributed by atoms with Gasteiger partial charge in [0.1, 0.15) is 11.5 Å². The monoisotopic (exact) mass is 445 g/mol. The van der Waals surface area contributed by atoms with Crippen LogP contribution in [0.15, 0.2) is 66.9 Å². The Kier molecular flexibility index (Phi) is 9.02. The molecule has 5 nitrogen and oxygen atoms in total. The van der Waals surface area contributed by atoms with Gasteiger partial charge in [-0.3, -0.25) is 9.78 Å². The molecule has 5 heteroatoms. The summed E-state index contributed by atoms with van der Waals surface area (Å²) in [4.78, 5) is 16.9. The van der Waals surface area contributed by atoms with E-state index < -0.39 is 0 Å². The Morgan fingerprint density at radius 2 is 1.94 bits per heavy atom. The number of para-hydroxylation sites is 1. The van der Waals surface area contributed by atoms with Gasteiger partial charge in [-0.2, -0.15) is 0 Å². The quantitative estimate of drug-likeness (QED) is 0.477. The van der Waals surface area contributed by atoms with Gasteiger partial charge in [0, 0.05) is 37.4 Å². The second-order valence-corrected chi connectivity index (χ2v) is 8.62. The zero-order valence-corrected chi connectivity index (χ0v) is 19.9. The lowest BCUT2D eigenvalue weighted by Crippen LogP contribution is -2.18. The van der Waals surface area contributed by atoms with Crippen LogP contribution < -0.4 is 10.5 Å². The van der Waals surface area contributed by atoms with E-state index in [0.717, 1.165) is 55.1 Å². The summed E-state index contributed by atoms with van der Waals surface area (Å²) in [5.41, 5.74) is 10.7. The first-order valence-corrected chi connectivity index (χ1v) is 11.7. The number of benzene rings is 2. The lowest BCUT2D eigenvalue weighted by Gasteiger charge is -2.18. The van der Waals surface area contributed by atoms with Crippen molar-refractivity contribution < 1.29 is 9.53 Å². The molecule has 1 amide bonds. The van der Waals surface area contributed by atoms with Gasteiger partial charge in [0.15, 0.2) is 0 Å². The van der Waals surface area contributed by atoms with Crippen molar-refractivity contribution in [3.05, 3.63) is 89.2 Å². The molecule has 2 heterocycles. The number of rotatable bonds is 7. The van der Waals surface area contributed by atoms with Crippen molar-refractivity contribution >= 4 is 6.41 Å². The smallest absolute Gasteiger partial charge is 0.209 e. The van der Waals surface area contributed by atoms with Crippen LogP contribution in [0, 0.1) is 0 Å². The van der Waals surface area contributed by atoms with Gasteiger partial charge in [0.25, 0.3) is 0 Å². The van der Waals surface area contributed by atoms with Gasteiger partial charge in [-0.1, -0.05) is 51.1 Å². The van der Waals surface area contributed by atoms with Crippen LogP contribution in [0.3, 0.4) is 0 Å². The lowest BCUT2D eigenvalue weighted by molar-refractivity contribution is -0.117. The standard InChI is InChI=1S/C21H26N2O2.C7H9N/c1-15(2)19-5-3-4-6-21(19)25-18-7-8-20(17(11-18)12-22)16-9-10-23(13-16)14-24;1-2-7-5-3-4-6-8-7/h3-8,11,14-16H,9-10,12-13,22H2,1-2H3;3-6H,2H2,1H3. The largest absolute Gasteiger partial charge is 0.457 e. The second-order valence-electron chi connectivity index (χ2n) is 8.62. The van der Waals surface area contributed by atoms with Crippen LogP contribution in [0.1, 0.15) is 61.4 Å². The fourth-order valence-electron chi connectivity index (χ4n) is 4.14. The van der Waals surface area contributed by atoms with Gasteiger partial charge in [0.05, 0.1) is 0 Å². The summed E-state index contributed by atoms with van der Waals surface area (Å²) in [5, 5.41) is 0. The second kappa shape index (κ2) is 12.2. The van der Waals surface area contributed by atoms with Crippen molar-refractivity contribution in [3.63, 3.8) is 0 Å². The third-order valence-electron chi connectivity index (χ3n) is 6.00. The minimum Gasteiger partial charge on any atom is -0.457 e. The van der Waals surface area contributed by atoms with Crippen LogP contribution >= 0.6 is 0 Å².